The van der Waals surface area contributed by atoms with Gasteiger partial charge >= 0.3 is 0 Å². The Balaban J connectivity index is 1.95. The van der Waals surface area contributed by atoms with Crippen molar-refractivity contribution in [1.29, 1.82) is 0 Å². The van der Waals surface area contributed by atoms with Gasteiger partial charge in [0.15, 0.2) is 0 Å². The zero-order valence-corrected chi connectivity index (χ0v) is 9.98. The molecule has 1 aliphatic heterocycles. The molecule has 2 aromatic rings. The first-order chi connectivity index (χ1) is 9.13. The van der Waals surface area contributed by atoms with E-state index in [-0.39, 0.29) is 11.7 Å². The average Bonchev–Trinajstić information content (AvgIpc) is 2.74. The number of nitrogens with two attached hydrogens (primary N) is 1. The van der Waals surface area contributed by atoms with Crippen molar-refractivity contribution in [3.8, 4) is 0 Å². The zero-order valence-electron chi connectivity index (χ0n) is 9.98. The van der Waals surface area contributed by atoms with Crippen LogP contribution in [0.15, 0.2) is 36.4 Å². The number of anilines is 2. The lowest BCUT2D eigenvalue weighted by atomic mass is 10.00. The summed E-state index contributed by atoms with van der Waals surface area (Å²) in [4.78, 5) is 11.5. The van der Waals surface area contributed by atoms with E-state index in [4.69, 9.17) is 5.73 Å². The molecule has 0 unspecified atom stereocenters. The fraction of sp³-hybridized carbons (Fsp3) is 0.0714. The number of halogens is 1. The standard InChI is InChI=1S/C14H11FN3O/c15-10-3-1-8(2-4-10)5-9-6-11-13(7-12(9)16)17-18-14(11)19/h1-4,6-7,17H,5,16H2. The first-order valence-electron chi connectivity index (χ1n) is 5.81. The largest absolute Gasteiger partial charge is 0.398 e. The van der Waals surface area contributed by atoms with Crippen LogP contribution in [0.5, 0.6) is 0 Å². The molecule has 95 valence electrons. The second-order valence-corrected chi connectivity index (χ2v) is 4.43. The van der Waals surface area contributed by atoms with Crippen LogP contribution in [0.2, 0.25) is 0 Å². The molecule has 0 aromatic heterocycles. The minimum Gasteiger partial charge on any atom is -0.398 e. The number of benzene rings is 2. The van der Waals surface area contributed by atoms with Crippen LogP contribution in [0.4, 0.5) is 15.8 Å². The smallest absolute Gasteiger partial charge is 0.295 e. The summed E-state index contributed by atoms with van der Waals surface area (Å²) in [6.07, 6.45) is 0.548. The lowest BCUT2D eigenvalue weighted by Crippen LogP contribution is -2.10. The van der Waals surface area contributed by atoms with Gasteiger partial charge in [-0.1, -0.05) is 12.1 Å². The first kappa shape index (κ1) is 11.5. The topological polar surface area (TPSA) is 69.2 Å². The van der Waals surface area contributed by atoms with E-state index < -0.39 is 0 Å². The highest BCUT2D eigenvalue weighted by Gasteiger charge is 2.22. The fourth-order valence-corrected chi connectivity index (χ4v) is 2.08. The summed E-state index contributed by atoms with van der Waals surface area (Å²) in [5, 5.41) is 0. The average molecular weight is 256 g/mol. The molecule has 0 aliphatic carbocycles. The second kappa shape index (κ2) is 4.28. The Hall–Kier alpha value is -2.56. The molecule has 3 rings (SSSR count). The molecule has 0 spiro atoms. The molecule has 0 atom stereocenters. The maximum atomic E-state index is 12.8. The quantitative estimate of drug-likeness (QED) is 0.808. The van der Waals surface area contributed by atoms with Crippen molar-refractivity contribution in [2.24, 2.45) is 0 Å². The maximum Gasteiger partial charge on any atom is 0.295 e. The number of amides is 1. The maximum absolute atomic E-state index is 12.8. The van der Waals surface area contributed by atoms with Crippen molar-refractivity contribution in [2.45, 2.75) is 6.42 Å². The van der Waals surface area contributed by atoms with Crippen LogP contribution < -0.4 is 16.6 Å². The van der Waals surface area contributed by atoms with Gasteiger partial charge in [0, 0.05) is 5.69 Å². The van der Waals surface area contributed by atoms with Gasteiger partial charge in [-0.05, 0) is 41.8 Å². The SMILES string of the molecule is Nc1cc2c(cc1Cc1ccc(F)cc1)C(=O)[N]N2. The predicted molar refractivity (Wildman–Crippen MR) is 70.1 cm³/mol. The summed E-state index contributed by atoms with van der Waals surface area (Å²) in [5.74, 6) is -0.570. The first-order valence-corrected chi connectivity index (χ1v) is 5.81. The van der Waals surface area contributed by atoms with E-state index in [2.05, 4.69) is 10.9 Å². The molecule has 5 heteroatoms. The van der Waals surface area contributed by atoms with Gasteiger partial charge in [0.1, 0.15) is 5.82 Å². The summed E-state index contributed by atoms with van der Waals surface area (Å²) in [6, 6.07) is 9.64. The molecule has 1 radical (unpaired) electrons. The number of carbonyl (C=O) groups is 1. The van der Waals surface area contributed by atoms with E-state index in [0.29, 0.717) is 23.4 Å². The number of nitrogens with zero attached hydrogens (tertiary/aromatic N) is 1. The Labute approximate surface area is 109 Å². The number of nitrogen functional groups attached to an aromatic ring is 1. The molecular formula is C14H11FN3O. The summed E-state index contributed by atoms with van der Waals surface area (Å²) in [5.41, 5.74) is 15.7. The summed E-state index contributed by atoms with van der Waals surface area (Å²) in [7, 11) is 0. The molecule has 1 aliphatic rings. The molecule has 3 N–H and O–H groups in total. The van der Waals surface area contributed by atoms with Crippen LogP contribution in [-0.2, 0) is 6.42 Å². The number of rotatable bonds is 2. The molecule has 4 nitrogen and oxygen atoms in total. The van der Waals surface area contributed by atoms with Crippen LogP contribution in [0, 0.1) is 5.82 Å². The van der Waals surface area contributed by atoms with Gasteiger partial charge in [0.25, 0.3) is 5.91 Å². The molecule has 0 fully saturated rings. The van der Waals surface area contributed by atoms with Gasteiger partial charge in [-0.25, -0.2) is 4.39 Å². The Morgan fingerprint density at radius 1 is 1.21 bits per heavy atom. The molecule has 1 amide bonds. The predicted octanol–water partition coefficient (Wildman–Crippen LogP) is 2.08. The van der Waals surface area contributed by atoms with Crippen LogP contribution in [0.3, 0.4) is 0 Å². The van der Waals surface area contributed by atoms with Gasteiger partial charge in [0.2, 0.25) is 0 Å². The summed E-state index contributed by atoms with van der Waals surface area (Å²) in [6.45, 7) is 0. The van der Waals surface area contributed by atoms with Crippen LogP contribution >= 0.6 is 0 Å². The fourth-order valence-electron chi connectivity index (χ4n) is 2.08. The summed E-state index contributed by atoms with van der Waals surface area (Å²) < 4.78 is 12.8. The lowest BCUT2D eigenvalue weighted by Gasteiger charge is -2.08. The molecule has 0 saturated heterocycles. The highest BCUT2D eigenvalue weighted by atomic mass is 19.1. The van der Waals surface area contributed by atoms with E-state index in [1.807, 2.05) is 0 Å². The van der Waals surface area contributed by atoms with E-state index >= 15 is 0 Å². The molecule has 0 bridgehead atoms. The third-order valence-electron chi connectivity index (χ3n) is 3.10. The molecule has 1 heterocycles. The van der Waals surface area contributed by atoms with Gasteiger partial charge in [-0.2, -0.15) is 0 Å². The van der Waals surface area contributed by atoms with Crippen molar-refractivity contribution in [3.63, 3.8) is 0 Å². The van der Waals surface area contributed by atoms with Gasteiger partial charge in [-0.15, -0.1) is 5.43 Å². The van der Waals surface area contributed by atoms with Crippen molar-refractivity contribution in [1.82, 2.24) is 5.43 Å². The van der Waals surface area contributed by atoms with Crippen LogP contribution in [0.25, 0.3) is 0 Å². The van der Waals surface area contributed by atoms with Crippen molar-refractivity contribution >= 4 is 17.3 Å². The molecule has 2 aromatic carbocycles. The highest BCUT2D eigenvalue weighted by molar-refractivity contribution is 6.04. The lowest BCUT2D eigenvalue weighted by molar-refractivity contribution is 0.0969. The van der Waals surface area contributed by atoms with Gasteiger partial charge in [-0.3, -0.25) is 10.2 Å². The number of fused-ring (bicyclic) bond motifs is 1. The van der Waals surface area contributed by atoms with Gasteiger partial charge < -0.3 is 5.73 Å². The van der Waals surface area contributed by atoms with E-state index in [1.165, 1.54) is 12.1 Å². The number of nitrogens with one attached hydrogen (secondary N) is 1. The van der Waals surface area contributed by atoms with Gasteiger partial charge in [0.05, 0.1) is 11.3 Å². The molecule has 0 saturated carbocycles. The van der Waals surface area contributed by atoms with Crippen molar-refractivity contribution in [2.75, 3.05) is 11.2 Å². The normalized spacial score (nSPS) is 12.8. The number of carbonyl (C=O) groups excluding carboxylic acids is 1. The third kappa shape index (κ3) is 2.10. The monoisotopic (exact) mass is 256 g/mol. The Bertz CT molecular complexity index is 652. The van der Waals surface area contributed by atoms with Crippen molar-refractivity contribution in [3.05, 3.63) is 58.9 Å². The minimum atomic E-state index is -0.296. The Kier molecular flexibility index (Phi) is 2.59. The Morgan fingerprint density at radius 2 is 1.95 bits per heavy atom. The third-order valence-corrected chi connectivity index (χ3v) is 3.10. The Morgan fingerprint density at radius 3 is 2.68 bits per heavy atom. The number of hydrogen-bond donors (Lipinski definition) is 2. The number of hydrogen-bond acceptors (Lipinski definition) is 3. The van der Waals surface area contributed by atoms with Crippen LogP contribution in [0.1, 0.15) is 21.5 Å². The highest BCUT2D eigenvalue weighted by Crippen LogP contribution is 2.28. The van der Waals surface area contributed by atoms with E-state index in [9.17, 15) is 9.18 Å². The summed E-state index contributed by atoms with van der Waals surface area (Å²) >= 11 is 0. The molecular weight excluding hydrogens is 245 g/mol. The van der Waals surface area contributed by atoms with Crippen molar-refractivity contribution < 1.29 is 9.18 Å². The van der Waals surface area contributed by atoms with E-state index in [1.54, 1.807) is 24.3 Å². The van der Waals surface area contributed by atoms with Crippen LogP contribution in [-0.4, -0.2) is 5.91 Å². The molecule has 19 heavy (non-hydrogen) atoms. The van der Waals surface area contributed by atoms with E-state index in [0.717, 1.165) is 11.1 Å². The zero-order chi connectivity index (χ0) is 13.4. The minimum absolute atomic E-state index is 0.274. The second-order valence-electron chi connectivity index (χ2n) is 4.43.